The fourth-order valence-corrected chi connectivity index (χ4v) is 2.84. The van der Waals surface area contributed by atoms with Crippen LogP contribution in [0.3, 0.4) is 0 Å². The van der Waals surface area contributed by atoms with Crippen LogP contribution in [0.4, 0.5) is 0 Å². The number of rotatable bonds is 4. The summed E-state index contributed by atoms with van der Waals surface area (Å²) >= 11 is 0. The quantitative estimate of drug-likeness (QED) is 0.786. The van der Waals surface area contributed by atoms with Gasteiger partial charge in [-0.3, -0.25) is 9.59 Å². The first-order valence-corrected chi connectivity index (χ1v) is 6.62. The van der Waals surface area contributed by atoms with Crippen molar-refractivity contribution in [3.05, 3.63) is 0 Å². The van der Waals surface area contributed by atoms with Crippen molar-refractivity contribution in [1.29, 1.82) is 0 Å². The van der Waals surface area contributed by atoms with E-state index < -0.39 is 11.9 Å². The highest BCUT2D eigenvalue weighted by molar-refractivity contribution is 5.89. The maximum absolute atomic E-state index is 11.8. The zero-order valence-corrected chi connectivity index (χ0v) is 10.3. The van der Waals surface area contributed by atoms with Gasteiger partial charge in [-0.1, -0.05) is 19.3 Å². The molecule has 0 spiro atoms. The molecular weight excluding hydrogens is 218 g/mol. The highest BCUT2D eigenvalue weighted by atomic mass is 16.4. The molecule has 0 unspecified atom stereocenters. The Labute approximate surface area is 102 Å². The van der Waals surface area contributed by atoms with Crippen molar-refractivity contribution >= 4 is 11.9 Å². The van der Waals surface area contributed by atoms with E-state index in [1.54, 1.807) is 0 Å². The lowest BCUT2D eigenvalue weighted by atomic mass is 9.84. The normalized spacial score (nSPS) is 30.6. The van der Waals surface area contributed by atoms with Gasteiger partial charge < -0.3 is 10.4 Å². The van der Waals surface area contributed by atoms with Crippen molar-refractivity contribution in [2.75, 3.05) is 0 Å². The fourth-order valence-electron chi connectivity index (χ4n) is 2.84. The molecule has 2 aliphatic carbocycles. The second kappa shape index (κ2) is 5.07. The third-order valence-corrected chi connectivity index (χ3v) is 4.17. The van der Waals surface area contributed by atoms with E-state index in [-0.39, 0.29) is 17.9 Å². The molecule has 0 aromatic rings. The summed E-state index contributed by atoms with van der Waals surface area (Å²) in [5, 5.41) is 11.8. The molecule has 96 valence electrons. The van der Waals surface area contributed by atoms with E-state index in [4.69, 9.17) is 5.11 Å². The number of nitrogens with one attached hydrogen (secondary N) is 1. The Balaban J connectivity index is 1.76. The van der Waals surface area contributed by atoms with Crippen molar-refractivity contribution in [2.24, 2.45) is 17.8 Å². The summed E-state index contributed by atoms with van der Waals surface area (Å²) in [5.41, 5.74) is 0. The maximum atomic E-state index is 11.8. The molecule has 2 saturated carbocycles. The van der Waals surface area contributed by atoms with Crippen LogP contribution < -0.4 is 5.32 Å². The van der Waals surface area contributed by atoms with Gasteiger partial charge in [0.25, 0.3) is 0 Å². The molecule has 2 rings (SSSR count). The van der Waals surface area contributed by atoms with E-state index in [9.17, 15) is 9.59 Å². The molecule has 0 aromatic heterocycles. The van der Waals surface area contributed by atoms with Crippen molar-refractivity contribution in [3.8, 4) is 0 Å². The van der Waals surface area contributed by atoms with Gasteiger partial charge in [0.05, 0.1) is 11.8 Å². The van der Waals surface area contributed by atoms with E-state index >= 15 is 0 Å². The lowest BCUT2D eigenvalue weighted by Crippen LogP contribution is -2.40. The summed E-state index contributed by atoms with van der Waals surface area (Å²) in [5.74, 6) is -1.03. The predicted octanol–water partition coefficient (Wildman–Crippen LogP) is 1.79. The van der Waals surface area contributed by atoms with Crippen LogP contribution in [0.25, 0.3) is 0 Å². The zero-order chi connectivity index (χ0) is 12.4. The molecule has 0 aromatic carbocycles. The largest absolute Gasteiger partial charge is 0.481 e. The van der Waals surface area contributed by atoms with Gasteiger partial charge in [0, 0.05) is 6.04 Å². The molecule has 4 heteroatoms. The van der Waals surface area contributed by atoms with Crippen LogP contribution in [-0.2, 0) is 9.59 Å². The molecule has 0 saturated heterocycles. The number of carbonyl (C=O) groups is 2. The molecule has 0 aliphatic heterocycles. The Morgan fingerprint density at radius 2 is 1.82 bits per heavy atom. The molecule has 0 radical (unpaired) electrons. The van der Waals surface area contributed by atoms with E-state index in [1.807, 2.05) is 6.92 Å². The van der Waals surface area contributed by atoms with Crippen LogP contribution in [0.15, 0.2) is 0 Å². The minimum Gasteiger partial charge on any atom is -0.481 e. The molecule has 2 fully saturated rings. The minimum absolute atomic E-state index is 0.0597. The number of carboxylic acid groups (broad SMARTS) is 1. The van der Waals surface area contributed by atoms with Gasteiger partial charge in [-0.15, -0.1) is 0 Å². The fraction of sp³-hybridized carbons (Fsp3) is 0.846. The molecular formula is C13H21NO3. The van der Waals surface area contributed by atoms with Crippen LogP contribution in [0.2, 0.25) is 0 Å². The summed E-state index contributed by atoms with van der Waals surface area (Å²) < 4.78 is 0. The van der Waals surface area contributed by atoms with E-state index in [2.05, 4.69) is 5.32 Å². The lowest BCUT2D eigenvalue weighted by molar-refractivity contribution is -0.140. The van der Waals surface area contributed by atoms with Crippen LogP contribution in [0.1, 0.15) is 45.4 Å². The first-order chi connectivity index (χ1) is 8.09. The molecule has 0 bridgehead atoms. The molecule has 3 atom stereocenters. The maximum Gasteiger partial charge on any atom is 0.307 e. The highest BCUT2D eigenvalue weighted by Gasteiger charge is 2.48. The minimum atomic E-state index is -0.838. The second-order valence-corrected chi connectivity index (χ2v) is 5.48. The number of amides is 1. The summed E-state index contributed by atoms with van der Waals surface area (Å²) in [6, 6.07) is 0.192. The predicted molar refractivity (Wildman–Crippen MR) is 63.4 cm³/mol. The van der Waals surface area contributed by atoms with Crippen LogP contribution in [0.5, 0.6) is 0 Å². The number of carbonyl (C=O) groups excluding carboxylic acids is 1. The zero-order valence-electron chi connectivity index (χ0n) is 10.3. The summed E-state index contributed by atoms with van der Waals surface area (Å²) in [6.45, 7) is 2.05. The molecule has 4 nitrogen and oxygen atoms in total. The molecule has 2 N–H and O–H groups in total. The highest BCUT2D eigenvalue weighted by Crippen LogP contribution is 2.39. The van der Waals surface area contributed by atoms with Gasteiger partial charge >= 0.3 is 5.97 Å². The first-order valence-electron chi connectivity index (χ1n) is 6.62. The van der Waals surface area contributed by atoms with Crippen molar-refractivity contribution in [1.82, 2.24) is 5.32 Å². The van der Waals surface area contributed by atoms with Crippen molar-refractivity contribution in [2.45, 2.75) is 51.5 Å². The number of carboxylic acids is 1. The van der Waals surface area contributed by atoms with Crippen molar-refractivity contribution in [3.63, 3.8) is 0 Å². The number of hydrogen-bond donors (Lipinski definition) is 2. The molecule has 0 heterocycles. The SMILES string of the molecule is C[C@@H](NC(=O)[C@@H]1C[C@@H]1C(=O)O)C1CCCCC1. The van der Waals surface area contributed by atoms with Gasteiger partial charge in [0.15, 0.2) is 0 Å². The Bertz CT molecular complexity index is 310. The van der Waals surface area contributed by atoms with E-state index in [1.165, 1.54) is 32.1 Å². The summed E-state index contributed by atoms with van der Waals surface area (Å²) in [4.78, 5) is 22.5. The van der Waals surface area contributed by atoms with E-state index in [0.29, 0.717) is 12.3 Å². The van der Waals surface area contributed by atoms with Gasteiger partial charge in [0.2, 0.25) is 5.91 Å². The number of hydrogen-bond acceptors (Lipinski definition) is 2. The number of aliphatic carboxylic acids is 1. The third-order valence-electron chi connectivity index (χ3n) is 4.17. The average Bonchev–Trinajstić information content (AvgIpc) is 3.10. The van der Waals surface area contributed by atoms with E-state index in [0.717, 1.165) is 0 Å². The Morgan fingerprint density at radius 1 is 1.18 bits per heavy atom. The molecule has 1 amide bonds. The summed E-state index contributed by atoms with van der Waals surface area (Å²) in [6.07, 6.45) is 6.71. The van der Waals surface area contributed by atoms with Crippen LogP contribution >= 0.6 is 0 Å². The van der Waals surface area contributed by atoms with Crippen molar-refractivity contribution < 1.29 is 14.7 Å². The van der Waals surface area contributed by atoms with Gasteiger partial charge in [-0.05, 0) is 32.1 Å². The average molecular weight is 239 g/mol. The molecule has 2 aliphatic rings. The summed E-state index contributed by atoms with van der Waals surface area (Å²) in [7, 11) is 0. The van der Waals surface area contributed by atoms with Crippen LogP contribution in [-0.4, -0.2) is 23.0 Å². The van der Waals surface area contributed by atoms with Gasteiger partial charge in [-0.25, -0.2) is 0 Å². The third kappa shape index (κ3) is 2.99. The smallest absolute Gasteiger partial charge is 0.307 e. The Hall–Kier alpha value is -1.06. The Morgan fingerprint density at radius 3 is 2.35 bits per heavy atom. The van der Waals surface area contributed by atoms with Gasteiger partial charge in [-0.2, -0.15) is 0 Å². The molecule has 17 heavy (non-hydrogen) atoms. The standard InChI is InChI=1S/C13H21NO3/c1-8(9-5-3-2-4-6-9)14-12(15)10-7-11(10)13(16)17/h8-11H,2-7H2,1H3,(H,14,15)(H,16,17)/t8-,10-,11+/m1/s1. The topological polar surface area (TPSA) is 66.4 Å². The lowest BCUT2D eigenvalue weighted by Gasteiger charge is -2.28. The first kappa shape index (κ1) is 12.4. The monoisotopic (exact) mass is 239 g/mol. The van der Waals surface area contributed by atoms with Crippen LogP contribution in [0, 0.1) is 17.8 Å². The Kier molecular flexibility index (Phi) is 3.69. The van der Waals surface area contributed by atoms with Gasteiger partial charge in [0.1, 0.15) is 0 Å². The second-order valence-electron chi connectivity index (χ2n) is 5.48.